The highest BCUT2D eigenvalue weighted by atomic mass is 19.4. The van der Waals surface area contributed by atoms with Crippen molar-refractivity contribution < 1.29 is 27.4 Å². The maximum Gasteiger partial charge on any atom is 0.433 e. The first-order valence-corrected chi connectivity index (χ1v) is 10.0. The van der Waals surface area contributed by atoms with Gasteiger partial charge in [0.05, 0.1) is 11.9 Å². The van der Waals surface area contributed by atoms with Gasteiger partial charge < -0.3 is 14.8 Å². The summed E-state index contributed by atoms with van der Waals surface area (Å²) in [7, 11) is 0. The molecule has 4 aromatic rings. The average Bonchev–Trinajstić information content (AvgIpc) is 3.23. The lowest BCUT2D eigenvalue weighted by Gasteiger charge is -2.19. The van der Waals surface area contributed by atoms with Crippen molar-refractivity contribution in [2.45, 2.75) is 13.1 Å². The monoisotopic (exact) mass is 454 g/mol. The van der Waals surface area contributed by atoms with E-state index in [1.807, 2.05) is 19.1 Å². The number of hydrogen-bond donors (Lipinski definition) is 1. The van der Waals surface area contributed by atoms with Crippen LogP contribution in [0.1, 0.15) is 21.6 Å². The number of nitrogens with zero attached hydrogens (tertiary/aromatic N) is 3. The first-order valence-electron chi connectivity index (χ1n) is 10.0. The zero-order valence-electron chi connectivity index (χ0n) is 17.3. The van der Waals surface area contributed by atoms with E-state index >= 15 is 0 Å². The summed E-state index contributed by atoms with van der Waals surface area (Å²) in [5.41, 5.74) is 0.579. The van der Waals surface area contributed by atoms with Gasteiger partial charge >= 0.3 is 6.18 Å². The lowest BCUT2D eigenvalue weighted by atomic mass is 10.1. The molecule has 1 aliphatic heterocycles. The second-order valence-electron chi connectivity index (χ2n) is 7.50. The van der Waals surface area contributed by atoms with Gasteiger partial charge in [-0.1, -0.05) is 17.7 Å². The number of alkyl halides is 3. The number of ether oxygens (including phenoxy) is 2. The molecule has 1 aliphatic rings. The SMILES string of the molecule is Cc1ccc(NC(=O)c2cnn3c(C(F)(F)F)cc(-c4ccc5c(c4)OCCO5)nc23)cc1. The number of nitrogens with one attached hydrogen (secondary N) is 1. The number of halogens is 3. The van der Waals surface area contributed by atoms with Crippen LogP contribution >= 0.6 is 0 Å². The van der Waals surface area contributed by atoms with Crippen molar-refractivity contribution >= 4 is 17.2 Å². The van der Waals surface area contributed by atoms with Gasteiger partial charge in [0, 0.05) is 11.3 Å². The fourth-order valence-electron chi connectivity index (χ4n) is 3.51. The minimum Gasteiger partial charge on any atom is -0.486 e. The number of rotatable bonds is 3. The molecule has 0 radical (unpaired) electrons. The normalized spacial score (nSPS) is 13.2. The number of carbonyl (C=O) groups excluding carboxylic acids is 1. The van der Waals surface area contributed by atoms with E-state index in [4.69, 9.17) is 9.47 Å². The van der Waals surface area contributed by atoms with E-state index in [0.29, 0.717) is 40.5 Å². The third-order valence-electron chi connectivity index (χ3n) is 5.15. The van der Waals surface area contributed by atoms with Crippen LogP contribution in [-0.4, -0.2) is 33.7 Å². The summed E-state index contributed by atoms with van der Waals surface area (Å²) >= 11 is 0. The fraction of sp³-hybridized carbons (Fsp3) is 0.174. The first kappa shape index (κ1) is 20.8. The average molecular weight is 454 g/mol. The highest BCUT2D eigenvalue weighted by Crippen LogP contribution is 2.37. The van der Waals surface area contributed by atoms with Gasteiger partial charge in [0.1, 0.15) is 18.8 Å². The van der Waals surface area contributed by atoms with Crippen LogP contribution in [-0.2, 0) is 6.18 Å². The van der Waals surface area contributed by atoms with E-state index in [2.05, 4.69) is 15.4 Å². The summed E-state index contributed by atoms with van der Waals surface area (Å²) in [4.78, 5) is 17.2. The Hall–Kier alpha value is -4.08. The highest BCUT2D eigenvalue weighted by Gasteiger charge is 2.36. The van der Waals surface area contributed by atoms with Crippen LogP contribution in [0.2, 0.25) is 0 Å². The first-order chi connectivity index (χ1) is 15.8. The Morgan fingerprint density at radius 1 is 1.03 bits per heavy atom. The minimum atomic E-state index is -4.72. The molecule has 0 fully saturated rings. The number of aryl methyl sites for hydroxylation is 1. The van der Waals surface area contributed by atoms with Crippen LogP contribution in [0.3, 0.4) is 0 Å². The number of benzene rings is 2. The predicted molar refractivity (Wildman–Crippen MR) is 114 cm³/mol. The molecule has 7 nitrogen and oxygen atoms in total. The molecule has 0 saturated carbocycles. The minimum absolute atomic E-state index is 0.0247. The molecular formula is C23H17F3N4O3. The largest absolute Gasteiger partial charge is 0.486 e. The second kappa shape index (κ2) is 7.80. The van der Waals surface area contributed by atoms with E-state index in [1.165, 1.54) is 0 Å². The number of aromatic nitrogens is 3. The smallest absolute Gasteiger partial charge is 0.433 e. The molecule has 0 saturated heterocycles. The Morgan fingerprint density at radius 2 is 1.76 bits per heavy atom. The van der Waals surface area contributed by atoms with E-state index in [-0.39, 0.29) is 16.9 Å². The van der Waals surface area contributed by atoms with Crippen molar-refractivity contribution in [3.05, 3.63) is 71.5 Å². The van der Waals surface area contributed by atoms with Crippen LogP contribution in [0.5, 0.6) is 11.5 Å². The van der Waals surface area contributed by atoms with Gasteiger partial charge in [-0.05, 0) is 43.3 Å². The molecule has 0 aliphatic carbocycles. The zero-order chi connectivity index (χ0) is 23.2. The molecule has 2 aromatic carbocycles. The molecule has 0 spiro atoms. The van der Waals surface area contributed by atoms with Crippen molar-refractivity contribution in [1.82, 2.24) is 14.6 Å². The zero-order valence-corrected chi connectivity index (χ0v) is 17.3. The Morgan fingerprint density at radius 3 is 2.48 bits per heavy atom. The maximum absolute atomic E-state index is 13.8. The Bertz CT molecular complexity index is 1360. The molecule has 1 amide bonds. The quantitative estimate of drug-likeness (QED) is 0.484. The van der Waals surface area contributed by atoms with Crippen molar-refractivity contribution in [3.8, 4) is 22.8 Å². The molecule has 168 valence electrons. The summed E-state index contributed by atoms with van der Waals surface area (Å²) in [5.74, 6) is 0.304. The highest BCUT2D eigenvalue weighted by molar-refractivity contribution is 6.08. The van der Waals surface area contributed by atoms with Gasteiger partial charge in [0.15, 0.2) is 22.8 Å². The predicted octanol–water partition coefficient (Wildman–Crippen LogP) is 4.75. The van der Waals surface area contributed by atoms with Crippen molar-refractivity contribution in [2.75, 3.05) is 18.5 Å². The summed E-state index contributed by atoms with van der Waals surface area (Å²) in [6.45, 7) is 2.63. The second-order valence-corrected chi connectivity index (χ2v) is 7.50. The topological polar surface area (TPSA) is 77.8 Å². The third-order valence-corrected chi connectivity index (χ3v) is 5.15. The van der Waals surface area contributed by atoms with Gasteiger partial charge in [0.2, 0.25) is 0 Å². The van der Waals surface area contributed by atoms with Gasteiger partial charge in [-0.25, -0.2) is 9.50 Å². The van der Waals surface area contributed by atoms with Gasteiger partial charge in [-0.15, -0.1) is 0 Å². The Balaban J connectivity index is 1.61. The molecule has 0 atom stereocenters. The van der Waals surface area contributed by atoms with Gasteiger partial charge in [-0.2, -0.15) is 18.3 Å². The molecule has 33 heavy (non-hydrogen) atoms. The molecule has 10 heteroatoms. The van der Waals surface area contributed by atoms with Crippen molar-refractivity contribution in [3.63, 3.8) is 0 Å². The van der Waals surface area contributed by atoms with Crippen molar-refractivity contribution in [2.24, 2.45) is 0 Å². The standard InChI is InChI=1S/C23H17F3N4O3/c1-13-2-5-15(6-3-13)28-22(31)16-12-27-30-20(23(24,25)26)11-17(29-21(16)30)14-4-7-18-19(10-14)33-9-8-32-18/h2-7,10-12H,8-9H2,1H3,(H,28,31). The van der Waals surface area contributed by atoms with E-state index in [9.17, 15) is 18.0 Å². The summed E-state index contributed by atoms with van der Waals surface area (Å²) in [6, 6.07) is 12.7. The van der Waals surface area contributed by atoms with E-state index < -0.39 is 17.8 Å². The number of carbonyl (C=O) groups is 1. The summed E-state index contributed by atoms with van der Waals surface area (Å²) in [6.07, 6.45) is -3.64. The molecule has 1 N–H and O–H groups in total. The van der Waals surface area contributed by atoms with Crippen molar-refractivity contribution in [1.29, 1.82) is 0 Å². The summed E-state index contributed by atoms with van der Waals surface area (Å²) in [5, 5.41) is 6.47. The fourth-order valence-corrected chi connectivity index (χ4v) is 3.51. The maximum atomic E-state index is 13.8. The molecule has 0 unspecified atom stereocenters. The lowest BCUT2D eigenvalue weighted by molar-refractivity contribution is -0.142. The molecule has 0 bridgehead atoms. The van der Waals surface area contributed by atoms with Crippen LogP contribution < -0.4 is 14.8 Å². The van der Waals surface area contributed by atoms with E-state index in [0.717, 1.165) is 17.8 Å². The van der Waals surface area contributed by atoms with Crippen LogP contribution in [0.4, 0.5) is 18.9 Å². The molecule has 3 heterocycles. The number of amides is 1. The Labute approximate surface area is 185 Å². The van der Waals surface area contributed by atoms with Gasteiger partial charge in [0.25, 0.3) is 5.91 Å². The number of hydrogen-bond acceptors (Lipinski definition) is 5. The van der Waals surface area contributed by atoms with Crippen LogP contribution in [0.25, 0.3) is 16.9 Å². The molecular weight excluding hydrogens is 437 g/mol. The molecule has 2 aromatic heterocycles. The Kier molecular flexibility index (Phi) is 4.92. The summed E-state index contributed by atoms with van der Waals surface area (Å²) < 4.78 is 53.2. The number of anilines is 1. The third kappa shape index (κ3) is 3.95. The number of fused-ring (bicyclic) bond motifs is 2. The van der Waals surface area contributed by atoms with E-state index in [1.54, 1.807) is 30.3 Å². The molecule has 5 rings (SSSR count). The lowest BCUT2D eigenvalue weighted by Crippen LogP contribution is -2.16. The van der Waals surface area contributed by atoms with Crippen LogP contribution in [0, 0.1) is 6.92 Å². The van der Waals surface area contributed by atoms with Crippen LogP contribution in [0.15, 0.2) is 54.7 Å². The van der Waals surface area contributed by atoms with Gasteiger partial charge in [-0.3, -0.25) is 4.79 Å².